The fourth-order valence-corrected chi connectivity index (χ4v) is 4.21. The zero-order valence-electron chi connectivity index (χ0n) is 16.2. The molecule has 1 atom stereocenters. The van der Waals surface area contributed by atoms with Crippen molar-refractivity contribution in [3.8, 4) is 0 Å². The molecule has 2 saturated heterocycles. The Balaban J connectivity index is 1.33. The van der Waals surface area contributed by atoms with Gasteiger partial charge in [-0.2, -0.15) is 0 Å². The number of rotatable bonds is 4. The van der Waals surface area contributed by atoms with Gasteiger partial charge < -0.3 is 19.3 Å². The van der Waals surface area contributed by atoms with Crippen LogP contribution in [0.1, 0.15) is 43.5 Å². The maximum atomic E-state index is 12.0. The lowest BCUT2D eigenvalue weighted by atomic mass is 9.97. The number of piperidine rings is 1. The molecule has 5 rings (SSSR count). The van der Waals surface area contributed by atoms with E-state index in [4.69, 9.17) is 0 Å². The second kappa shape index (κ2) is 7.03. The molecule has 4 heterocycles. The molecular weight excluding hydrogens is 356 g/mol. The van der Waals surface area contributed by atoms with Crippen molar-refractivity contribution >= 4 is 17.5 Å². The fraction of sp³-hybridized carbons (Fsp3) is 0.632. The number of likely N-dealkylation sites (N-methyl/N-ethyl adjacent to an activating group) is 1. The normalized spacial score (nSPS) is 23.4. The van der Waals surface area contributed by atoms with Gasteiger partial charge in [0.1, 0.15) is 30.1 Å². The summed E-state index contributed by atoms with van der Waals surface area (Å²) in [4.78, 5) is 27.1. The highest BCUT2D eigenvalue weighted by Gasteiger charge is 2.32. The third kappa shape index (κ3) is 3.29. The second-order valence-electron chi connectivity index (χ2n) is 8.08. The summed E-state index contributed by atoms with van der Waals surface area (Å²) in [5.41, 5.74) is 0. The van der Waals surface area contributed by atoms with E-state index in [1.54, 1.807) is 11.2 Å². The minimum atomic E-state index is 0.129. The molecule has 1 unspecified atom stereocenters. The third-order valence-corrected chi connectivity index (χ3v) is 6.07. The minimum absolute atomic E-state index is 0.129. The summed E-state index contributed by atoms with van der Waals surface area (Å²) in [6.45, 7) is 3.77. The summed E-state index contributed by atoms with van der Waals surface area (Å²) >= 11 is 0. The van der Waals surface area contributed by atoms with Gasteiger partial charge in [-0.1, -0.05) is 0 Å². The summed E-state index contributed by atoms with van der Waals surface area (Å²) in [6.07, 6.45) is 8.21. The van der Waals surface area contributed by atoms with Crippen LogP contribution in [-0.4, -0.2) is 75.3 Å². The monoisotopic (exact) mass is 382 g/mol. The van der Waals surface area contributed by atoms with Gasteiger partial charge in [0.05, 0.1) is 6.54 Å². The van der Waals surface area contributed by atoms with Crippen LogP contribution in [0.15, 0.2) is 18.7 Å². The van der Waals surface area contributed by atoms with E-state index in [0.29, 0.717) is 18.5 Å². The van der Waals surface area contributed by atoms with Crippen molar-refractivity contribution in [2.45, 2.75) is 37.6 Å². The van der Waals surface area contributed by atoms with Crippen LogP contribution in [0.25, 0.3) is 0 Å². The molecule has 2 aromatic heterocycles. The van der Waals surface area contributed by atoms with E-state index < -0.39 is 0 Å². The van der Waals surface area contributed by atoms with Gasteiger partial charge in [0, 0.05) is 51.3 Å². The first-order valence-electron chi connectivity index (χ1n) is 10.1. The number of aromatic nitrogens is 5. The molecule has 9 nitrogen and oxygen atoms in total. The molecule has 9 heteroatoms. The summed E-state index contributed by atoms with van der Waals surface area (Å²) < 4.78 is 2.27. The Hall–Kier alpha value is -2.71. The van der Waals surface area contributed by atoms with Crippen molar-refractivity contribution in [2.75, 3.05) is 49.6 Å². The van der Waals surface area contributed by atoms with Gasteiger partial charge in [-0.05, 0) is 25.7 Å². The molecule has 1 saturated carbocycles. The number of nitrogens with zero attached hydrogens (tertiary/aromatic N) is 8. The van der Waals surface area contributed by atoms with Crippen LogP contribution in [0.2, 0.25) is 0 Å². The Morgan fingerprint density at radius 3 is 2.64 bits per heavy atom. The van der Waals surface area contributed by atoms with Crippen molar-refractivity contribution < 1.29 is 4.79 Å². The highest BCUT2D eigenvalue weighted by atomic mass is 16.2. The van der Waals surface area contributed by atoms with Gasteiger partial charge in [-0.15, -0.1) is 10.2 Å². The standard InChI is InChI=1S/C19H26N8O/c1-24-7-8-26(11-18(24)28)17-9-16(20-12-21-17)25-6-2-3-14(10-25)19-23-22-13-27(19)15-4-5-15/h9,12-15H,2-8,10-11H2,1H3. The molecule has 3 fully saturated rings. The summed E-state index contributed by atoms with van der Waals surface area (Å²) in [7, 11) is 1.85. The molecule has 0 N–H and O–H groups in total. The first-order chi connectivity index (χ1) is 13.7. The first-order valence-corrected chi connectivity index (χ1v) is 10.1. The van der Waals surface area contributed by atoms with Crippen LogP contribution in [0, 0.1) is 0 Å². The SMILES string of the molecule is CN1CCN(c2cc(N3CCCC(c4nncn4C4CC4)C3)ncn2)CC1=O. The first kappa shape index (κ1) is 17.4. The molecular formula is C19H26N8O. The van der Waals surface area contributed by atoms with Crippen molar-refractivity contribution in [3.63, 3.8) is 0 Å². The molecule has 3 aliphatic rings. The number of piperazine rings is 1. The summed E-state index contributed by atoms with van der Waals surface area (Å²) in [5, 5.41) is 8.61. The quantitative estimate of drug-likeness (QED) is 0.782. The van der Waals surface area contributed by atoms with Gasteiger partial charge in [-0.3, -0.25) is 4.79 Å². The largest absolute Gasteiger partial charge is 0.356 e. The number of carbonyl (C=O) groups is 1. The van der Waals surface area contributed by atoms with Crippen LogP contribution in [0.4, 0.5) is 11.6 Å². The van der Waals surface area contributed by atoms with E-state index in [2.05, 4.69) is 29.6 Å². The molecule has 2 aromatic rings. The molecule has 1 amide bonds. The predicted molar refractivity (Wildman–Crippen MR) is 104 cm³/mol. The maximum absolute atomic E-state index is 12.0. The van der Waals surface area contributed by atoms with E-state index in [0.717, 1.165) is 56.5 Å². The highest BCUT2D eigenvalue weighted by molar-refractivity contribution is 5.82. The van der Waals surface area contributed by atoms with E-state index in [1.807, 2.05) is 24.3 Å². The van der Waals surface area contributed by atoms with E-state index in [1.165, 1.54) is 12.8 Å². The van der Waals surface area contributed by atoms with Crippen LogP contribution >= 0.6 is 0 Å². The molecule has 148 valence electrons. The average Bonchev–Trinajstić information content (AvgIpc) is 3.46. The third-order valence-electron chi connectivity index (χ3n) is 6.07. The zero-order valence-corrected chi connectivity index (χ0v) is 16.2. The zero-order chi connectivity index (χ0) is 19.1. The van der Waals surface area contributed by atoms with Gasteiger partial charge >= 0.3 is 0 Å². The van der Waals surface area contributed by atoms with E-state index in [9.17, 15) is 4.79 Å². The second-order valence-corrected chi connectivity index (χ2v) is 8.08. The Bertz CT molecular complexity index is 863. The van der Waals surface area contributed by atoms with Crippen molar-refractivity contribution in [2.24, 2.45) is 0 Å². The lowest BCUT2D eigenvalue weighted by Gasteiger charge is -2.35. The van der Waals surface area contributed by atoms with Crippen molar-refractivity contribution in [1.82, 2.24) is 29.6 Å². The van der Waals surface area contributed by atoms with E-state index in [-0.39, 0.29) is 5.91 Å². The van der Waals surface area contributed by atoms with Gasteiger partial charge in [0.15, 0.2) is 0 Å². The van der Waals surface area contributed by atoms with Gasteiger partial charge in [0.2, 0.25) is 5.91 Å². The summed E-state index contributed by atoms with van der Waals surface area (Å²) in [5.74, 6) is 3.38. The smallest absolute Gasteiger partial charge is 0.241 e. The molecule has 1 aliphatic carbocycles. The number of amides is 1. The molecule has 0 radical (unpaired) electrons. The molecule has 2 aliphatic heterocycles. The van der Waals surface area contributed by atoms with Crippen molar-refractivity contribution in [1.29, 1.82) is 0 Å². The fourth-order valence-electron chi connectivity index (χ4n) is 4.21. The minimum Gasteiger partial charge on any atom is -0.356 e. The molecule has 0 bridgehead atoms. The van der Waals surface area contributed by atoms with Gasteiger partial charge in [-0.25, -0.2) is 9.97 Å². The van der Waals surface area contributed by atoms with Crippen LogP contribution in [0.5, 0.6) is 0 Å². The number of hydrogen-bond acceptors (Lipinski definition) is 7. The molecule has 0 aromatic carbocycles. The van der Waals surface area contributed by atoms with Crippen LogP contribution < -0.4 is 9.80 Å². The van der Waals surface area contributed by atoms with Crippen molar-refractivity contribution in [3.05, 3.63) is 24.5 Å². The van der Waals surface area contributed by atoms with Crippen LogP contribution in [0.3, 0.4) is 0 Å². The van der Waals surface area contributed by atoms with E-state index >= 15 is 0 Å². The topological polar surface area (TPSA) is 83.3 Å². The Morgan fingerprint density at radius 1 is 1.04 bits per heavy atom. The lowest BCUT2D eigenvalue weighted by molar-refractivity contribution is -0.129. The number of anilines is 2. The Morgan fingerprint density at radius 2 is 1.86 bits per heavy atom. The number of hydrogen-bond donors (Lipinski definition) is 0. The Kier molecular flexibility index (Phi) is 4.37. The average molecular weight is 382 g/mol. The highest BCUT2D eigenvalue weighted by Crippen LogP contribution is 2.38. The number of carbonyl (C=O) groups excluding carboxylic acids is 1. The van der Waals surface area contributed by atoms with Gasteiger partial charge in [0.25, 0.3) is 0 Å². The molecule has 0 spiro atoms. The predicted octanol–water partition coefficient (Wildman–Crippen LogP) is 1.07. The molecule has 28 heavy (non-hydrogen) atoms. The maximum Gasteiger partial charge on any atom is 0.241 e. The summed E-state index contributed by atoms with van der Waals surface area (Å²) in [6, 6.07) is 2.62. The lowest BCUT2D eigenvalue weighted by Crippen LogP contribution is -2.49. The Labute approximate surface area is 164 Å². The van der Waals surface area contributed by atoms with Crippen LogP contribution in [-0.2, 0) is 4.79 Å².